The van der Waals surface area contributed by atoms with Gasteiger partial charge in [0.2, 0.25) is 5.78 Å². The normalized spacial score (nSPS) is 10.9. The number of carbonyl (C=O) groups excluding carboxylic acids is 4. The first-order valence-electron chi connectivity index (χ1n) is 18.0. The van der Waals surface area contributed by atoms with Crippen LogP contribution in [0.5, 0.6) is 0 Å². The van der Waals surface area contributed by atoms with Crippen LogP contribution in [0.1, 0.15) is 80.5 Å². The van der Waals surface area contributed by atoms with Crippen LogP contribution >= 0.6 is 0 Å². The number of rotatable bonds is 19. The van der Waals surface area contributed by atoms with Crippen LogP contribution in [0.4, 0.5) is 16.3 Å². The maximum atomic E-state index is 13.6. The third-order valence-electron chi connectivity index (χ3n) is 8.11. The Labute approximate surface area is 323 Å². The number of ketones is 1. The van der Waals surface area contributed by atoms with Gasteiger partial charge in [0.15, 0.2) is 0 Å². The van der Waals surface area contributed by atoms with Crippen LogP contribution < -0.4 is 16.0 Å². The Morgan fingerprint density at radius 3 is 2.27 bits per heavy atom. The molecular formula is C39H47N7O10. The molecule has 2 amide bonds. The number of aliphatic imine (C=N–C) groups is 1. The summed E-state index contributed by atoms with van der Waals surface area (Å²) in [6.45, 7) is 5.02. The first-order chi connectivity index (χ1) is 26.8. The van der Waals surface area contributed by atoms with E-state index in [-0.39, 0.29) is 37.3 Å². The van der Waals surface area contributed by atoms with E-state index in [1.54, 1.807) is 55.6 Å². The summed E-state index contributed by atoms with van der Waals surface area (Å²) in [5.74, 6) is -3.20. The van der Waals surface area contributed by atoms with Gasteiger partial charge < -0.3 is 35.3 Å². The standard InChI is InChI=1S/C34H41N7O5.C5H6O5/c1-4-6-7-10-21-46-34(44)39-32(35)24-12-15-26(16-13-24)37-23-30-38-27-22-25(14-17-28(27)40(30)3)33(43)41(20-18-31(42)45-5-2)29-11-8-9-19-36-29;6-3(5(9)10)1-2-4(7)8/h8-9,11-17,19,22,37H,4-7,10,18,20-21,23H2,1-3H3,(H2,35,39,44);1-2H2,(H,7,8)(H,9,10). The van der Waals surface area contributed by atoms with Gasteiger partial charge in [-0.3, -0.25) is 24.1 Å². The summed E-state index contributed by atoms with van der Waals surface area (Å²) < 4.78 is 12.1. The summed E-state index contributed by atoms with van der Waals surface area (Å²) in [5.41, 5.74) is 9.40. The van der Waals surface area contributed by atoms with Crippen molar-refractivity contribution in [3.05, 3.63) is 83.8 Å². The molecule has 0 bridgehead atoms. The molecule has 0 aliphatic carbocycles. The van der Waals surface area contributed by atoms with E-state index in [1.165, 1.54) is 4.90 Å². The second kappa shape index (κ2) is 22.5. The molecule has 2 aromatic heterocycles. The lowest BCUT2D eigenvalue weighted by Crippen LogP contribution is -2.34. The molecule has 0 saturated carbocycles. The number of Topliss-reactive ketones (excluding diaryl/α,β-unsaturated/α-hetero) is 1. The maximum Gasteiger partial charge on any atom is 0.435 e. The van der Waals surface area contributed by atoms with Crippen LogP contribution in [-0.2, 0) is 42.2 Å². The molecule has 298 valence electrons. The van der Waals surface area contributed by atoms with Crippen molar-refractivity contribution >= 4 is 64.1 Å². The van der Waals surface area contributed by atoms with Crippen molar-refractivity contribution in [3.63, 3.8) is 0 Å². The number of carboxylic acid groups (broad SMARTS) is 2. The van der Waals surface area contributed by atoms with Gasteiger partial charge in [-0.1, -0.05) is 32.3 Å². The summed E-state index contributed by atoms with van der Waals surface area (Å²) in [6, 6.07) is 17.9. The lowest BCUT2D eigenvalue weighted by molar-refractivity contribution is -0.149. The Kier molecular flexibility index (Phi) is 17.6. The minimum absolute atomic E-state index is 0.0455. The van der Waals surface area contributed by atoms with Crippen LogP contribution in [0.2, 0.25) is 0 Å². The number of anilines is 2. The number of benzene rings is 2. The highest BCUT2D eigenvalue weighted by Gasteiger charge is 2.21. The van der Waals surface area contributed by atoms with Crippen molar-refractivity contribution in [1.82, 2.24) is 14.5 Å². The smallest absolute Gasteiger partial charge is 0.435 e. The van der Waals surface area contributed by atoms with E-state index in [0.29, 0.717) is 35.6 Å². The molecule has 0 unspecified atom stereocenters. The van der Waals surface area contributed by atoms with Crippen LogP contribution in [0, 0.1) is 0 Å². The first-order valence-corrected chi connectivity index (χ1v) is 18.0. The average Bonchev–Trinajstić information content (AvgIpc) is 3.50. The predicted octanol–water partition coefficient (Wildman–Crippen LogP) is 5.11. The lowest BCUT2D eigenvalue weighted by atomic mass is 10.1. The second-order valence-electron chi connectivity index (χ2n) is 12.2. The van der Waals surface area contributed by atoms with Crippen molar-refractivity contribution in [2.45, 2.75) is 65.3 Å². The molecule has 2 aromatic carbocycles. The minimum Gasteiger partial charge on any atom is -0.481 e. The number of pyridine rings is 1. The van der Waals surface area contributed by atoms with E-state index < -0.39 is 36.7 Å². The molecule has 2 heterocycles. The molecule has 4 rings (SSSR count). The van der Waals surface area contributed by atoms with Crippen molar-refractivity contribution in [2.24, 2.45) is 17.8 Å². The van der Waals surface area contributed by atoms with Crippen LogP contribution in [0.15, 0.2) is 71.9 Å². The number of aliphatic carboxylic acids is 2. The number of nitrogens with zero attached hydrogens (tertiary/aromatic N) is 5. The summed E-state index contributed by atoms with van der Waals surface area (Å²) in [6.07, 6.45) is 4.13. The van der Waals surface area contributed by atoms with Crippen LogP contribution in [-0.4, -0.2) is 86.0 Å². The molecular weight excluding hydrogens is 726 g/mol. The average molecular weight is 774 g/mol. The van der Waals surface area contributed by atoms with E-state index in [0.717, 1.165) is 42.7 Å². The monoisotopic (exact) mass is 773 g/mol. The Bertz CT molecular complexity index is 2000. The number of fused-ring (bicyclic) bond motifs is 1. The molecule has 0 atom stereocenters. The number of unbranched alkanes of at least 4 members (excludes halogenated alkanes) is 3. The summed E-state index contributed by atoms with van der Waals surface area (Å²) in [7, 11) is 1.91. The highest BCUT2D eigenvalue weighted by atomic mass is 16.5. The van der Waals surface area contributed by atoms with Gasteiger partial charge >= 0.3 is 24.0 Å². The molecule has 4 aromatic rings. The fraction of sp³-hybridized carbons (Fsp3) is 0.359. The molecule has 17 heteroatoms. The largest absolute Gasteiger partial charge is 0.481 e. The van der Waals surface area contributed by atoms with Gasteiger partial charge in [-0.2, -0.15) is 4.99 Å². The Morgan fingerprint density at radius 1 is 0.893 bits per heavy atom. The third kappa shape index (κ3) is 14.0. The number of imidazole rings is 1. The van der Waals surface area contributed by atoms with Gasteiger partial charge in [-0.15, -0.1) is 0 Å². The zero-order chi connectivity index (χ0) is 41.0. The first kappa shape index (κ1) is 43.8. The molecule has 56 heavy (non-hydrogen) atoms. The van der Waals surface area contributed by atoms with E-state index in [4.69, 9.17) is 30.4 Å². The number of amides is 2. The number of aromatic nitrogens is 3. The summed E-state index contributed by atoms with van der Waals surface area (Å²) in [4.78, 5) is 81.8. The van der Waals surface area contributed by atoms with Gasteiger partial charge in [0.25, 0.3) is 5.91 Å². The maximum absolute atomic E-state index is 13.6. The van der Waals surface area contributed by atoms with Gasteiger partial charge in [0.05, 0.1) is 43.6 Å². The quantitative estimate of drug-likeness (QED) is 0.0318. The van der Waals surface area contributed by atoms with Gasteiger partial charge in [0, 0.05) is 43.0 Å². The topological polar surface area (TPSA) is 246 Å². The minimum atomic E-state index is -1.58. The van der Waals surface area contributed by atoms with Crippen molar-refractivity contribution < 1.29 is 48.5 Å². The van der Waals surface area contributed by atoms with Gasteiger partial charge in [-0.05, 0) is 67.9 Å². The molecule has 0 spiro atoms. The number of carboxylic acids is 2. The molecule has 0 fully saturated rings. The molecule has 17 nitrogen and oxygen atoms in total. The Hall–Kier alpha value is -6.65. The fourth-order valence-corrected chi connectivity index (χ4v) is 5.12. The zero-order valence-corrected chi connectivity index (χ0v) is 31.6. The summed E-state index contributed by atoms with van der Waals surface area (Å²) >= 11 is 0. The van der Waals surface area contributed by atoms with Crippen molar-refractivity contribution in [1.29, 1.82) is 0 Å². The van der Waals surface area contributed by atoms with E-state index in [2.05, 4.69) is 22.2 Å². The Balaban J connectivity index is 0.000000739. The number of aryl methyl sites for hydroxylation is 1. The number of hydrogen-bond acceptors (Lipinski definition) is 11. The number of amidine groups is 1. The number of nitrogens with one attached hydrogen (secondary N) is 1. The predicted molar refractivity (Wildman–Crippen MR) is 207 cm³/mol. The van der Waals surface area contributed by atoms with E-state index in [1.807, 2.05) is 29.8 Å². The number of esters is 1. The third-order valence-corrected chi connectivity index (χ3v) is 8.11. The van der Waals surface area contributed by atoms with Gasteiger partial charge in [0.1, 0.15) is 17.5 Å². The highest BCUT2D eigenvalue weighted by Crippen LogP contribution is 2.21. The molecule has 0 saturated heterocycles. The van der Waals surface area contributed by atoms with E-state index in [9.17, 15) is 28.8 Å². The van der Waals surface area contributed by atoms with Crippen LogP contribution in [0.3, 0.4) is 0 Å². The Morgan fingerprint density at radius 2 is 1.62 bits per heavy atom. The fourth-order valence-electron chi connectivity index (χ4n) is 5.12. The number of ether oxygens (including phenoxy) is 2. The molecule has 0 radical (unpaired) electrons. The molecule has 0 aliphatic heterocycles. The van der Waals surface area contributed by atoms with Crippen molar-refractivity contribution in [2.75, 3.05) is 30.0 Å². The number of hydrogen-bond donors (Lipinski definition) is 4. The second-order valence-corrected chi connectivity index (χ2v) is 12.2. The molecule has 0 aliphatic rings. The van der Waals surface area contributed by atoms with Crippen LogP contribution in [0.25, 0.3) is 11.0 Å². The molecule has 5 N–H and O–H groups in total. The van der Waals surface area contributed by atoms with E-state index >= 15 is 0 Å². The zero-order valence-electron chi connectivity index (χ0n) is 31.6. The summed E-state index contributed by atoms with van der Waals surface area (Å²) in [5, 5.41) is 19.3. The SMILES string of the molecule is CCCCCCOC(=O)/N=C(/N)c1ccc(NCc2nc3cc(C(=O)N(CCC(=O)OCC)c4ccccn4)ccc3n2C)cc1.O=C(O)CCC(=O)C(=O)O. The number of nitrogens with two attached hydrogens (primary N) is 1. The van der Waals surface area contributed by atoms with Gasteiger partial charge in [-0.25, -0.2) is 19.6 Å². The van der Waals surface area contributed by atoms with Crippen molar-refractivity contribution in [3.8, 4) is 0 Å². The number of carbonyl (C=O) groups is 6. The highest BCUT2D eigenvalue weighted by molar-refractivity contribution is 6.32. The lowest BCUT2D eigenvalue weighted by Gasteiger charge is -2.21.